The van der Waals surface area contributed by atoms with E-state index in [0.29, 0.717) is 23.7 Å². The molecule has 1 aromatic heterocycles. The molecule has 0 saturated carbocycles. The first-order valence-electron chi connectivity index (χ1n) is 3.88. The van der Waals surface area contributed by atoms with Gasteiger partial charge < -0.3 is 9.73 Å². The van der Waals surface area contributed by atoms with Gasteiger partial charge in [0.25, 0.3) is 0 Å². The van der Waals surface area contributed by atoms with Crippen LogP contribution >= 0.6 is 23.2 Å². The highest BCUT2D eigenvalue weighted by molar-refractivity contribution is 6.40. The topological polar surface area (TPSA) is 42.2 Å². The summed E-state index contributed by atoms with van der Waals surface area (Å²) in [5.41, 5.74) is 0. The molecule has 2 rings (SSSR count). The lowest BCUT2D eigenvalue weighted by Crippen LogP contribution is -2.13. The number of furan rings is 1. The van der Waals surface area contributed by atoms with Gasteiger partial charge in [0.1, 0.15) is 5.76 Å². The smallest absolute Gasteiger partial charge is 0.220 e. The van der Waals surface area contributed by atoms with Gasteiger partial charge in [-0.25, -0.2) is 0 Å². The van der Waals surface area contributed by atoms with E-state index in [0.717, 1.165) is 0 Å². The molecule has 1 aromatic rings. The zero-order valence-corrected chi connectivity index (χ0v) is 8.15. The minimum absolute atomic E-state index is 0.0358. The van der Waals surface area contributed by atoms with E-state index in [2.05, 4.69) is 5.32 Å². The summed E-state index contributed by atoms with van der Waals surface area (Å²) < 4.78 is 5.19. The van der Waals surface area contributed by atoms with Crippen molar-refractivity contribution in [2.24, 2.45) is 0 Å². The molecule has 1 saturated heterocycles. The van der Waals surface area contributed by atoms with Crippen molar-refractivity contribution >= 4 is 29.1 Å². The Morgan fingerprint density at radius 2 is 2.31 bits per heavy atom. The summed E-state index contributed by atoms with van der Waals surface area (Å²) in [6.07, 6.45) is 0.445. The van der Waals surface area contributed by atoms with Gasteiger partial charge in [-0.15, -0.1) is 0 Å². The fourth-order valence-electron chi connectivity index (χ4n) is 1.37. The van der Waals surface area contributed by atoms with Crippen LogP contribution in [0.3, 0.4) is 0 Å². The molecule has 5 heteroatoms. The molecular formula is C8H7Cl2NO2. The van der Waals surface area contributed by atoms with Crippen molar-refractivity contribution < 1.29 is 9.21 Å². The zero-order chi connectivity index (χ0) is 9.42. The van der Waals surface area contributed by atoms with Crippen LogP contribution in [-0.2, 0) is 4.79 Å². The van der Waals surface area contributed by atoms with Gasteiger partial charge in [-0.2, -0.15) is 0 Å². The van der Waals surface area contributed by atoms with Crippen molar-refractivity contribution in [3.63, 3.8) is 0 Å². The van der Waals surface area contributed by atoms with Gasteiger partial charge in [-0.05, 0) is 11.6 Å². The van der Waals surface area contributed by atoms with Crippen molar-refractivity contribution in [1.29, 1.82) is 0 Å². The molecule has 1 aliphatic heterocycles. The number of carbonyl (C=O) groups excluding carboxylic acids is 1. The minimum Gasteiger partial charge on any atom is -0.448 e. The molecule has 1 unspecified atom stereocenters. The summed E-state index contributed by atoms with van der Waals surface area (Å²) >= 11 is 11.4. The standard InChI is InChI=1S/C8H7Cl2NO2/c9-5-2-6(13-8(5)10)4-1-7(12)11-3-4/h2,4H,1,3H2,(H,11,12). The lowest BCUT2D eigenvalue weighted by molar-refractivity contribution is -0.119. The Balaban J connectivity index is 2.21. The van der Waals surface area contributed by atoms with E-state index in [9.17, 15) is 4.79 Å². The number of carbonyl (C=O) groups is 1. The van der Waals surface area contributed by atoms with Crippen LogP contribution in [0.15, 0.2) is 10.5 Å². The molecule has 2 heterocycles. The first-order chi connectivity index (χ1) is 6.16. The number of hydrogen-bond donors (Lipinski definition) is 1. The molecule has 1 fully saturated rings. The first kappa shape index (κ1) is 8.91. The number of hydrogen-bond acceptors (Lipinski definition) is 2. The molecule has 3 nitrogen and oxygen atoms in total. The largest absolute Gasteiger partial charge is 0.448 e. The molecule has 1 aliphatic rings. The summed E-state index contributed by atoms with van der Waals surface area (Å²) in [6, 6.07) is 1.66. The van der Waals surface area contributed by atoms with Gasteiger partial charge in [0.05, 0.1) is 5.02 Å². The third-order valence-electron chi connectivity index (χ3n) is 2.04. The average molecular weight is 220 g/mol. The average Bonchev–Trinajstić information content (AvgIpc) is 2.61. The summed E-state index contributed by atoms with van der Waals surface area (Å²) in [6.45, 7) is 0.596. The molecular weight excluding hydrogens is 213 g/mol. The lowest BCUT2D eigenvalue weighted by Gasteiger charge is -2.00. The Morgan fingerprint density at radius 1 is 1.54 bits per heavy atom. The summed E-state index contributed by atoms with van der Waals surface area (Å²) in [4.78, 5) is 10.9. The third kappa shape index (κ3) is 1.67. The van der Waals surface area contributed by atoms with Crippen LogP contribution in [0.1, 0.15) is 18.1 Å². The highest BCUT2D eigenvalue weighted by atomic mass is 35.5. The molecule has 1 N–H and O–H groups in total. The highest BCUT2D eigenvalue weighted by Gasteiger charge is 2.26. The number of nitrogens with one attached hydrogen (secondary N) is 1. The second kappa shape index (κ2) is 3.24. The van der Waals surface area contributed by atoms with E-state index in [4.69, 9.17) is 27.6 Å². The van der Waals surface area contributed by atoms with Crippen LogP contribution < -0.4 is 5.32 Å². The van der Waals surface area contributed by atoms with Gasteiger partial charge in [0.2, 0.25) is 11.1 Å². The molecule has 0 bridgehead atoms. The maximum atomic E-state index is 10.9. The third-order valence-corrected chi connectivity index (χ3v) is 2.70. The predicted molar refractivity (Wildman–Crippen MR) is 49.1 cm³/mol. The van der Waals surface area contributed by atoms with E-state index in [1.807, 2.05) is 0 Å². The molecule has 0 aliphatic carbocycles. The Kier molecular flexibility index (Phi) is 2.22. The van der Waals surface area contributed by atoms with Crippen molar-refractivity contribution in [2.75, 3.05) is 6.54 Å². The van der Waals surface area contributed by atoms with E-state index in [-0.39, 0.29) is 17.0 Å². The van der Waals surface area contributed by atoms with Crippen LogP contribution in [-0.4, -0.2) is 12.5 Å². The van der Waals surface area contributed by atoms with Gasteiger partial charge in [-0.1, -0.05) is 11.6 Å². The monoisotopic (exact) mass is 219 g/mol. The molecule has 0 radical (unpaired) electrons. The van der Waals surface area contributed by atoms with Crippen LogP contribution in [0.4, 0.5) is 0 Å². The quantitative estimate of drug-likeness (QED) is 0.788. The van der Waals surface area contributed by atoms with E-state index in [1.54, 1.807) is 6.07 Å². The molecule has 1 atom stereocenters. The van der Waals surface area contributed by atoms with Gasteiger partial charge >= 0.3 is 0 Å². The van der Waals surface area contributed by atoms with Crippen molar-refractivity contribution in [2.45, 2.75) is 12.3 Å². The summed E-state index contributed by atoms with van der Waals surface area (Å²) in [5.74, 6) is 0.777. The molecule has 13 heavy (non-hydrogen) atoms. The van der Waals surface area contributed by atoms with Crippen LogP contribution in [0.25, 0.3) is 0 Å². The van der Waals surface area contributed by atoms with Crippen LogP contribution in [0.2, 0.25) is 10.2 Å². The van der Waals surface area contributed by atoms with E-state index >= 15 is 0 Å². The lowest BCUT2D eigenvalue weighted by atomic mass is 10.1. The van der Waals surface area contributed by atoms with Crippen molar-refractivity contribution in [3.05, 3.63) is 22.1 Å². The fraction of sp³-hybridized carbons (Fsp3) is 0.375. The Morgan fingerprint density at radius 3 is 2.77 bits per heavy atom. The van der Waals surface area contributed by atoms with E-state index < -0.39 is 0 Å². The number of halogens is 2. The van der Waals surface area contributed by atoms with Crippen LogP contribution in [0, 0.1) is 0 Å². The predicted octanol–water partition coefficient (Wildman–Crippen LogP) is 2.19. The maximum absolute atomic E-state index is 10.9. The molecule has 1 amide bonds. The SMILES string of the molecule is O=C1CC(c2cc(Cl)c(Cl)o2)CN1. The van der Waals surface area contributed by atoms with E-state index in [1.165, 1.54) is 0 Å². The van der Waals surface area contributed by atoms with Crippen molar-refractivity contribution in [1.82, 2.24) is 5.32 Å². The normalized spacial score (nSPS) is 22.0. The minimum atomic E-state index is 0.0358. The Hall–Kier alpha value is -0.670. The second-order valence-corrected chi connectivity index (χ2v) is 3.73. The zero-order valence-electron chi connectivity index (χ0n) is 6.64. The summed E-state index contributed by atoms with van der Waals surface area (Å²) in [7, 11) is 0. The molecule has 0 spiro atoms. The van der Waals surface area contributed by atoms with Gasteiger partial charge in [0, 0.05) is 24.9 Å². The number of rotatable bonds is 1. The van der Waals surface area contributed by atoms with Crippen molar-refractivity contribution in [3.8, 4) is 0 Å². The highest BCUT2D eigenvalue weighted by Crippen LogP contribution is 2.32. The fourth-order valence-corrected chi connectivity index (χ4v) is 1.66. The maximum Gasteiger partial charge on any atom is 0.220 e. The number of amides is 1. The molecule has 70 valence electrons. The summed E-state index contributed by atoms with van der Waals surface area (Å²) in [5, 5.41) is 3.30. The van der Waals surface area contributed by atoms with Gasteiger partial charge in [-0.3, -0.25) is 4.79 Å². The van der Waals surface area contributed by atoms with Gasteiger partial charge in [0.15, 0.2) is 0 Å². The van der Waals surface area contributed by atoms with Crippen LogP contribution in [0.5, 0.6) is 0 Å². The Bertz CT molecular complexity index is 328. The Labute approximate surface area is 85.0 Å². The second-order valence-electron chi connectivity index (χ2n) is 2.98. The molecule has 0 aromatic carbocycles. The first-order valence-corrected chi connectivity index (χ1v) is 4.64.